The summed E-state index contributed by atoms with van der Waals surface area (Å²) in [5.41, 5.74) is 9.61. The van der Waals surface area contributed by atoms with E-state index in [9.17, 15) is 27.9 Å². The molecule has 0 spiro atoms. The number of fused-ring (bicyclic) bond motifs is 3. The molecule has 0 saturated heterocycles. The average molecular weight is 469 g/mol. The molecule has 0 unspecified atom stereocenters. The third-order valence-electron chi connectivity index (χ3n) is 6.06. The molecule has 0 saturated carbocycles. The summed E-state index contributed by atoms with van der Waals surface area (Å²) in [5.74, 6) is -4.32. The number of carbonyl (C=O) groups is 2. The fourth-order valence-corrected chi connectivity index (χ4v) is 4.37. The lowest BCUT2D eigenvalue weighted by atomic mass is 9.93. The Balaban J connectivity index is 1.46. The lowest BCUT2D eigenvalue weighted by Crippen LogP contribution is -2.43. The Hall–Kier alpha value is -3.65. The van der Waals surface area contributed by atoms with Crippen molar-refractivity contribution in [3.8, 4) is 11.1 Å². The Morgan fingerprint density at radius 1 is 0.912 bits per heavy atom. The molecule has 0 aromatic heterocycles. The number of halogens is 3. The van der Waals surface area contributed by atoms with Gasteiger partial charge in [0.1, 0.15) is 6.61 Å². The number of carboxylic acid groups (broad SMARTS) is 1. The minimum absolute atomic E-state index is 0.0519. The van der Waals surface area contributed by atoms with Gasteiger partial charge in [0, 0.05) is 12.0 Å². The Bertz CT molecular complexity index is 1160. The molecule has 0 fully saturated rings. The first-order valence-corrected chi connectivity index (χ1v) is 10.7. The summed E-state index contributed by atoms with van der Waals surface area (Å²) >= 11 is 0. The van der Waals surface area contributed by atoms with Gasteiger partial charge in [0.05, 0.1) is 5.56 Å². The molecular weight excluding hydrogens is 447 g/mol. The van der Waals surface area contributed by atoms with Gasteiger partial charge in [-0.2, -0.15) is 13.2 Å². The van der Waals surface area contributed by atoms with Crippen molar-refractivity contribution >= 4 is 11.9 Å². The van der Waals surface area contributed by atoms with E-state index in [2.05, 4.69) is 0 Å². The lowest BCUT2D eigenvalue weighted by Gasteiger charge is -2.21. The molecule has 0 bridgehead atoms. The Morgan fingerprint density at radius 2 is 1.44 bits per heavy atom. The second kappa shape index (κ2) is 9.30. The van der Waals surface area contributed by atoms with Crippen molar-refractivity contribution in [2.75, 3.05) is 6.61 Å². The van der Waals surface area contributed by atoms with Crippen LogP contribution < -0.4 is 5.73 Å². The maximum absolute atomic E-state index is 12.8. The molecule has 3 N–H and O–H groups in total. The van der Waals surface area contributed by atoms with Crippen LogP contribution >= 0.6 is 0 Å². The monoisotopic (exact) mass is 469 g/mol. The number of hydrogen-bond donors (Lipinski definition) is 2. The standard InChI is InChI=1S/C26H22F3NO4/c27-26(28,29)16-11-9-15(10-12-16)13-22(30)23(24(31)32)25(33)34-14-21-19-7-3-1-5-17(19)18-6-2-4-8-20(18)21/h1-12,21-23H,13-14,30H2,(H,31,32)/t22-,23-/m1/s1. The predicted octanol–water partition coefficient (Wildman–Crippen LogP) is 4.63. The Kier molecular flexibility index (Phi) is 6.43. The van der Waals surface area contributed by atoms with Crippen molar-refractivity contribution in [1.29, 1.82) is 0 Å². The van der Waals surface area contributed by atoms with Gasteiger partial charge in [-0.3, -0.25) is 9.59 Å². The van der Waals surface area contributed by atoms with Crippen LogP contribution in [0.4, 0.5) is 13.2 Å². The molecule has 3 aromatic rings. The number of ether oxygens (including phenoxy) is 1. The quantitative estimate of drug-likeness (QED) is 0.389. The van der Waals surface area contributed by atoms with Gasteiger partial charge >= 0.3 is 18.1 Å². The van der Waals surface area contributed by atoms with Crippen LogP contribution in [0.15, 0.2) is 72.8 Å². The van der Waals surface area contributed by atoms with Crippen LogP contribution in [0.1, 0.15) is 28.2 Å². The van der Waals surface area contributed by atoms with Crippen molar-refractivity contribution in [3.05, 3.63) is 95.1 Å². The molecular formula is C26H22F3NO4. The number of carbonyl (C=O) groups excluding carboxylic acids is 1. The smallest absolute Gasteiger partial charge is 0.416 e. The average Bonchev–Trinajstić information content (AvgIpc) is 3.11. The Morgan fingerprint density at radius 3 is 1.94 bits per heavy atom. The fourth-order valence-electron chi connectivity index (χ4n) is 4.37. The van der Waals surface area contributed by atoms with Gasteiger partial charge in [-0.05, 0) is 46.4 Å². The number of nitrogens with two attached hydrogens (primary N) is 1. The summed E-state index contributed by atoms with van der Waals surface area (Å²) in [4.78, 5) is 24.6. The topological polar surface area (TPSA) is 89.6 Å². The van der Waals surface area contributed by atoms with E-state index in [0.29, 0.717) is 5.56 Å². The van der Waals surface area contributed by atoms with E-state index in [0.717, 1.165) is 34.4 Å². The molecule has 0 heterocycles. The van der Waals surface area contributed by atoms with E-state index >= 15 is 0 Å². The lowest BCUT2D eigenvalue weighted by molar-refractivity contribution is -0.159. The van der Waals surface area contributed by atoms with Crippen LogP contribution in [0.2, 0.25) is 0 Å². The number of aliphatic carboxylic acids is 1. The number of esters is 1. The predicted molar refractivity (Wildman–Crippen MR) is 119 cm³/mol. The minimum Gasteiger partial charge on any atom is -0.481 e. The zero-order valence-electron chi connectivity index (χ0n) is 18.0. The number of hydrogen-bond acceptors (Lipinski definition) is 4. The van der Waals surface area contributed by atoms with Gasteiger partial charge in [0.25, 0.3) is 0 Å². The van der Waals surface area contributed by atoms with Crippen LogP contribution in [0, 0.1) is 5.92 Å². The zero-order chi connectivity index (χ0) is 24.5. The van der Waals surface area contributed by atoms with Crippen LogP contribution in [-0.2, 0) is 26.9 Å². The molecule has 8 heteroatoms. The second-order valence-corrected chi connectivity index (χ2v) is 8.24. The van der Waals surface area contributed by atoms with Gasteiger partial charge in [-0.25, -0.2) is 0 Å². The molecule has 34 heavy (non-hydrogen) atoms. The van der Waals surface area contributed by atoms with Crippen molar-refractivity contribution in [2.24, 2.45) is 11.7 Å². The third-order valence-corrected chi connectivity index (χ3v) is 6.06. The summed E-state index contributed by atoms with van der Waals surface area (Å²) < 4.78 is 43.7. The van der Waals surface area contributed by atoms with E-state index in [-0.39, 0.29) is 18.9 Å². The molecule has 2 atom stereocenters. The number of carboxylic acids is 1. The molecule has 1 aliphatic carbocycles. The van der Waals surface area contributed by atoms with Gasteiger partial charge in [0.2, 0.25) is 0 Å². The second-order valence-electron chi connectivity index (χ2n) is 8.24. The summed E-state index contributed by atoms with van der Waals surface area (Å²) in [6.45, 7) is -0.0519. The maximum Gasteiger partial charge on any atom is 0.416 e. The van der Waals surface area contributed by atoms with Crippen molar-refractivity contribution in [3.63, 3.8) is 0 Å². The molecule has 176 valence electrons. The van der Waals surface area contributed by atoms with Gasteiger partial charge in [-0.1, -0.05) is 60.7 Å². The van der Waals surface area contributed by atoms with Gasteiger partial charge in [0.15, 0.2) is 5.92 Å². The highest BCUT2D eigenvalue weighted by Crippen LogP contribution is 2.44. The van der Waals surface area contributed by atoms with Gasteiger partial charge < -0.3 is 15.6 Å². The van der Waals surface area contributed by atoms with Crippen molar-refractivity contribution < 1.29 is 32.6 Å². The molecule has 0 radical (unpaired) electrons. The SMILES string of the molecule is N[C@H](Cc1ccc(C(F)(F)F)cc1)[C@H](C(=O)O)C(=O)OCC1c2ccccc2-c2ccccc21. The van der Waals surface area contributed by atoms with E-state index < -0.39 is 35.6 Å². The summed E-state index contributed by atoms with van der Waals surface area (Å²) in [6, 6.07) is 18.5. The minimum atomic E-state index is -4.48. The van der Waals surface area contributed by atoms with E-state index in [1.165, 1.54) is 12.1 Å². The first-order chi connectivity index (χ1) is 16.2. The highest BCUT2D eigenvalue weighted by Gasteiger charge is 2.36. The van der Waals surface area contributed by atoms with E-state index in [1.807, 2.05) is 48.5 Å². The zero-order valence-corrected chi connectivity index (χ0v) is 18.0. The van der Waals surface area contributed by atoms with Gasteiger partial charge in [-0.15, -0.1) is 0 Å². The van der Waals surface area contributed by atoms with E-state index in [4.69, 9.17) is 10.5 Å². The Labute approximate surface area is 194 Å². The highest BCUT2D eigenvalue weighted by atomic mass is 19.4. The number of benzene rings is 3. The third kappa shape index (κ3) is 4.68. The van der Waals surface area contributed by atoms with Crippen LogP contribution in [0.3, 0.4) is 0 Å². The van der Waals surface area contributed by atoms with Crippen molar-refractivity contribution in [2.45, 2.75) is 24.6 Å². The summed E-state index contributed by atoms with van der Waals surface area (Å²) in [7, 11) is 0. The molecule has 3 aromatic carbocycles. The molecule has 0 amide bonds. The summed E-state index contributed by atoms with van der Waals surface area (Å²) in [6.07, 6.45) is -4.58. The van der Waals surface area contributed by atoms with Crippen LogP contribution in [0.5, 0.6) is 0 Å². The highest BCUT2D eigenvalue weighted by molar-refractivity contribution is 5.95. The largest absolute Gasteiger partial charge is 0.481 e. The molecule has 1 aliphatic rings. The number of rotatable bonds is 7. The normalized spacial score (nSPS) is 14.7. The fraction of sp³-hybridized carbons (Fsp3) is 0.231. The summed E-state index contributed by atoms with van der Waals surface area (Å²) in [5, 5.41) is 9.62. The number of alkyl halides is 3. The molecule has 5 nitrogen and oxygen atoms in total. The first kappa shape index (κ1) is 23.5. The first-order valence-electron chi connectivity index (χ1n) is 10.7. The van der Waals surface area contributed by atoms with Crippen LogP contribution in [-0.4, -0.2) is 29.7 Å². The molecule has 4 rings (SSSR count). The van der Waals surface area contributed by atoms with E-state index in [1.54, 1.807) is 0 Å². The molecule has 0 aliphatic heterocycles. The van der Waals surface area contributed by atoms with Crippen molar-refractivity contribution in [1.82, 2.24) is 0 Å². The maximum atomic E-state index is 12.8. The van der Waals surface area contributed by atoms with Crippen LogP contribution in [0.25, 0.3) is 11.1 Å².